The number of hydrogen-bond acceptors (Lipinski definition) is 5. The number of carbonyl (C=O) groups is 2. The van der Waals surface area contributed by atoms with Crippen LogP contribution in [-0.4, -0.2) is 36.9 Å². The van der Waals surface area contributed by atoms with E-state index in [0.29, 0.717) is 16.4 Å². The molecule has 7 nitrogen and oxygen atoms in total. The number of nitrogens with one attached hydrogen (secondary N) is 3. The molecular formula is C19H20N4O3S. The first-order valence-electron chi connectivity index (χ1n) is 8.12. The van der Waals surface area contributed by atoms with Crippen LogP contribution in [0.3, 0.4) is 0 Å². The molecule has 0 aliphatic carbocycles. The van der Waals surface area contributed by atoms with Gasteiger partial charge in [-0.25, -0.2) is 4.79 Å². The van der Waals surface area contributed by atoms with Crippen molar-refractivity contribution in [2.75, 3.05) is 19.0 Å². The van der Waals surface area contributed by atoms with Crippen LogP contribution in [0.4, 0.5) is 5.69 Å². The van der Waals surface area contributed by atoms with Gasteiger partial charge in [0, 0.05) is 12.7 Å². The Morgan fingerprint density at radius 1 is 1.11 bits per heavy atom. The summed E-state index contributed by atoms with van der Waals surface area (Å²) in [6.45, 7) is 1.60. The number of benzene rings is 2. The molecule has 2 aromatic rings. The minimum atomic E-state index is -0.577. The molecule has 0 fully saturated rings. The summed E-state index contributed by atoms with van der Waals surface area (Å²) in [6, 6.07) is 13.9. The van der Waals surface area contributed by atoms with Crippen molar-refractivity contribution in [2.45, 2.75) is 6.92 Å². The maximum absolute atomic E-state index is 12.0. The van der Waals surface area contributed by atoms with Crippen LogP contribution in [0.2, 0.25) is 0 Å². The van der Waals surface area contributed by atoms with Crippen LogP contribution >= 0.6 is 12.2 Å². The first kappa shape index (κ1) is 20.1. The van der Waals surface area contributed by atoms with Crippen molar-refractivity contribution in [1.82, 2.24) is 10.7 Å². The highest BCUT2D eigenvalue weighted by Crippen LogP contribution is 2.09. The van der Waals surface area contributed by atoms with Crippen LogP contribution in [0.15, 0.2) is 53.6 Å². The summed E-state index contributed by atoms with van der Waals surface area (Å²) >= 11 is 4.89. The molecule has 140 valence electrons. The fourth-order valence-corrected chi connectivity index (χ4v) is 2.03. The van der Waals surface area contributed by atoms with Crippen LogP contribution < -0.4 is 16.1 Å². The molecule has 0 aromatic heterocycles. The molecule has 0 atom stereocenters. The second-order valence-corrected chi connectivity index (χ2v) is 5.97. The lowest BCUT2D eigenvalue weighted by atomic mass is 10.1. The van der Waals surface area contributed by atoms with E-state index in [2.05, 4.69) is 21.2 Å². The van der Waals surface area contributed by atoms with E-state index in [0.717, 1.165) is 11.1 Å². The van der Waals surface area contributed by atoms with Crippen molar-refractivity contribution >= 4 is 41.1 Å². The van der Waals surface area contributed by atoms with E-state index in [1.165, 1.54) is 0 Å². The average molecular weight is 384 g/mol. The third-order valence-corrected chi connectivity index (χ3v) is 3.72. The number of carbonyl (C=O) groups excluding carboxylic acids is 2. The Balaban J connectivity index is 1.82. The number of anilines is 1. The minimum Gasteiger partial charge on any atom is -0.452 e. The highest BCUT2D eigenvalue weighted by atomic mass is 32.1. The second-order valence-electron chi connectivity index (χ2n) is 5.56. The summed E-state index contributed by atoms with van der Waals surface area (Å²) in [5, 5.41) is 9.74. The standard InChI is InChI=1S/C19H20N4O3S/c1-13-3-9-16(10-4-13)22-17(24)12-26-18(25)15-7-5-14(6-8-15)11-21-23-19(27)20-2/h3-11H,12H2,1-2H3,(H,22,24)(H2,20,23,27)/b21-11+. The van der Waals surface area contributed by atoms with Crippen LogP contribution in [0.25, 0.3) is 0 Å². The van der Waals surface area contributed by atoms with E-state index in [9.17, 15) is 9.59 Å². The normalized spacial score (nSPS) is 10.3. The number of esters is 1. The number of hydrogen-bond donors (Lipinski definition) is 3. The highest BCUT2D eigenvalue weighted by Gasteiger charge is 2.10. The fourth-order valence-electron chi connectivity index (χ4n) is 1.98. The van der Waals surface area contributed by atoms with Crippen LogP contribution in [0.1, 0.15) is 21.5 Å². The van der Waals surface area contributed by atoms with E-state index in [-0.39, 0.29) is 6.61 Å². The monoisotopic (exact) mass is 384 g/mol. The van der Waals surface area contributed by atoms with Gasteiger partial charge in [-0.1, -0.05) is 29.8 Å². The molecule has 3 N–H and O–H groups in total. The van der Waals surface area contributed by atoms with Crippen molar-refractivity contribution in [3.05, 3.63) is 65.2 Å². The summed E-state index contributed by atoms with van der Waals surface area (Å²) in [7, 11) is 1.69. The van der Waals surface area contributed by atoms with E-state index >= 15 is 0 Å². The number of rotatable bonds is 6. The molecule has 0 unspecified atom stereocenters. The van der Waals surface area contributed by atoms with Crippen LogP contribution in [0.5, 0.6) is 0 Å². The molecule has 0 heterocycles. The van der Waals surface area contributed by atoms with Crippen molar-refractivity contribution in [2.24, 2.45) is 5.10 Å². The zero-order valence-electron chi connectivity index (χ0n) is 15.0. The molecule has 0 aliphatic rings. The number of hydrazone groups is 1. The van der Waals surface area contributed by atoms with E-state index in [1.807, 2.05) is 19.1 Å². The van der Waals surface area contributed by atoms with Gasteiger partial charge in [-0.05, 0) is 49.0 Å². The zero-order valence-corrected chi connectivity index (χ0v) is 15.8. The average Bonchev–Trinajstić information content (AvgIpc) is 2.68. The lowest BCUT2D eigenvalue weighted by Gasteiger charge is -2.07. The first-order valence-corrected chi connectivity index (χ1v) is 8.53. The quantitative estimate of drug-likeness (QED) is 0.306. The molecule has 8 heteroatoms. The first-order chi connectivity index (χ1) is 13.0. The molecule has 2 rings (SSSR count). The van der Waals surface area contributed by atoms with Gasteiger partial charge in [-0.15, -0.1) is 0 Å². The van der Waals surface area contributed by atoms with Gasteiger partial charge in [-0.2, -0.15) is 5.10 Å². The molecule has 0 bridgehead atoms. The van der Waals surface area contributed by atoms with E-state index in [4.69, 9.17) is 17.0 Å². The van der Waals surface area contributed by atoms with Gasteiger partial charge in [0.15, 0.2) is 11.7 Å². The number of nitrogens with zero attached hydrogens (tertiary/aromatic N) is 1. The second kappa shape index (κ2) is 10.0. The topological polar surface area (TPSA) is 91.8 Å². The van der Waals surface area contributed by atoms with Gasteiger partial charge >= 0.3 is 5.97 Å². The third kappa shape index (κ3) is 6.87. The van der Waals surface area contributed by atoms with Crippen molar-refractivity contribution < 1.29 is 14.3 Å². The summed E-state index contributed by atoms with van der Waals surface area (Å²) in [4.78, 5) is 23.9. The Bertz CT molecular complexity index is 833. The maximum Gasteiger partial charge on any atom is 0.338 e. The van der Waals surface area contributed by atoms with Gasteiger partial charge < -0.3 is 15.4 Å². The van der Waals surface area contributed by atoms with Gasteiger partial charge in [-0.3, -0.25) is 10.2 Å². The third-order valence-electron chi connectivity index (χ3n) is 3.42. The van der Waals surface area contributed by atoms with E-state index < -0.39 is 11.9 Å². The van der Waals surface area contributed by atoms with Gasteiger partial charge in [0.25, 0.3) is 5.91 Å². The molecule has 0 spiro atoms. The predicted molar refractivity (Wildman–Crippen MR) is 109 cm³/mol. The lowest BCUT2D eigenvalue weighted by Crippen LogP contribution is -2.28. The molecule has 0 saturated heterocycles. The number of ether oxygens (including phenoxy) is 1. The van der Waals surface area contributed by atoms with Crippen molar-refractivity contribution in [3.63, 3.8) is 0 Å². The molecule has 1 amide bonds. The van der Waals surface area contributed by atoms with Crippen molar-refractivity contribution in [1.29, 1.82) is 0 Å². The van der Waals surface area contributed by atoms with Crippen molar-refractivity contribution in [3.8, 4) is 0 Å². The SMILES string of the molecule is CNC(=S)N/N=C/c1ccc(C(=O)OCC(=O)Nc2ccc(C)cc2)cc1. The Morgan fingerprint density at radius 2 is 1.78 bits per heavy atom. The smallest absolute Gasteiger partial charge is 0.338 e. The number of thiocarbonyl (C=S) groups is 1. The largest absolute Gasteiger partial charge is 0.452 e. The summed E-state index contributed by atoms with van der Waals surface area (Å²) < 4.78 is 5.03. The minimum absolute atomic E-state index is 0.342. The zero-order chi connectivity index (χ0) is 19.6. The van der Waals surface area contributed by atoms with E-state index in [1.54, 1.807) is 49.7 Å². The molecule has 2 aromatic carbocycles. The Labute approximate surface area is 162 Å². The van der Waals surface area contributed by atoms with Crippen LogP contribution in [-0.2, 0) is 9.53 Å². The molecular weight excluding hydrogens is 364 g/mol. The Hall–Kier alpha value is -3.26. The number of amides is 1. The molecule has 27 heavy (non-hydrogen) atoms. The van der Waals surface area contributed by atoms with Gasteiger partial charge in [0.05, 0.1) is 11.8 Å². The molecule has 0 saturated carbocycles. The van der Waals surface area contributed by atoms with Crippen LogP contribution in [0, 0.1) is 6.92 Å². The Morgan fingerprint density at radius 3 is 2.41 bits per heavy atom. The van der Waals surface area contributed by atoms with Gasteiger partial charge in [0.2, 0.25) is 0 Å². The van der Waals surface area contributed by atoms with Gasteiger partial charge in [0.1, 0.15) is 0 Å². The Kier molecular flexibility index (Phi) is 7.45. The maximum atomic E-state index is 12.0. The highest BCUT2D eigenvalue weighted by molar-refractivity contribution is 7.80. The fraction of sp³-hybridized carbons (Fsp3) is 0.158. The lowest BCUT2D eigenvalue weighted by molar-refractivity contribution is -0.119. The predicted octanol–water partition coefficient (Wildman–Crippen LogP) is 2.22. The summed E-state index contributed by atoms with van der Waals surface area (Å²) in [5.41, 5.74) is 5.48. The molecule has 0 radical (unpaired) electrons. The summed E-state index contributed by atoms with van der Waals surface area (Å²) in [5.74, 6) is -0.977. The summed E-state index contributed by atoms with van der Waals surface area (Å²) in [6.07, 6.45) is 1.56. The molecule has 0 aliphatic heterocycles. The number of aryl methyl sites for hydroxylation is 1.